The van der Waals surface area contributed by atoms with Crippen LogP contribution in [0.5, 0.6) is 17.2 Å². The maximum Gasteiger partial charge on any atom is 0.126 e. The summed E-state index contributed by atoms with van der Waals surface area (Å²) in [6, 6.07) is 5.69. The van der Waals surface area contributed by atoms with Crippen molar-refractivity contribution < 1.29 is 14.2 Å². The second kappa shape index (κ2) is 15.5. The van der Waals surface area contributed by atoms with E-state index in [0.29, 0.717) is 19.8 Å². The molecular weight excluding hydrogens is 336 g/mol. The van der Waals surface area contributed by atoms with Crippen LogP contribution in [0.2, 0.25) is 0 Å². The van der Waals surface area contributed by atoms with Gasteiger partial charge in [-0.05, 0) is 38.5 Å². The largest absolute Gasteiger partial charge is 0.493 e. The van der Waals surface area contributed by atoms with E-state index in [4.69, 9.17) is 33.5 Å². The number of hydrogen-bond donors (Lipinski definition) is 0. The second-order valence-corrected chi connectivity index (χ2v) is 6.17. The Kier molecular flexibility index (Phi) is 12.9. The van der Waals surface area contributed by atoms with Gasteiger partial charge in [0.2, 0.25) is 0 Å². The fourth-order valence-electron chi connectivity index (χ4n) is 2.35. The monoisotopic (exact) mass is 366 g/mol. The summed E-state index contributed by atoms with van der Waals surface area (Å²) < 4.78 is 17.5. The smallest absolute Gasteiger partial charge is 0.126 e. The van der Waals surface area contributed by atoms with Crippen molar-refractivity contribution in [3.63, 3.8) is 0 Å². The van der Waals surface area contributed by atoms with Gasteiger partial charge in [-0.2, -0.15) is 0 Å². The van der Waals surface area contributed by atoms with Crippen LogP contribution in [-0.4, -0.2) is 19.8 Å². The molecule has 3 heteroatoms. The molecule has 1 aromatic carbocycles. The molecule has 0 aliphatic rings. The lowest BCUT2D eigenvalue weighted by molar-refractivity contribution is 0.278. The third-order valence-corrected chi connectivity index (χ3v) is 3.81. The Morgan fingerprint density at radius 1 is 0.519 bits per heavy atom. The fraction of sp³-hybridized carbons (Fsp3) is 0.500. The lowest BCUT2D eigenvalue weighted by Gasteiger charge is -2.13. The van der Waals surface area contributed by atoms with Crippen molar-refractivity contribution in [1.29, 1.82) is 0 Å². The van der Waals surface area contributed by atoms with Gasteiger partial charge in [-0.1, -0.05) is 0 Å². The van der Waals surface area contributed by atoms with Gasteiger partial charge >= 0.3 is 0 Å². The van der Waals surface area contributed by atoms with Crippen LogP contribution in [0.4, 0.5) is 0 Å². The molecule has 0 N–H and O–H groups in total. The van der Waals surface area contributed by atoms with E-state index in [1.165, 1.54) is 0 Å². The van der Waals surface area contributed by atoms with Gasteiger partial charge in [-0.3, -0.25) is 0 Å². The topological polar surface area (TPSA) is 27.7 Å². The molecule has 27 heavy (non-hydrogen) atoms. The average Bonchev–Trinajstić information content (AvgIpc) is 2.67. The minimum atomic E-state index is 0.620. The molecule has 0 fully saturated rings. The highest BCUT2D eigenvalue weighted by Crippen LogP contribution is 2.28. The third-order valence-electron chi connectivity index (χ3n) is 3.81. The molecule has 144 valence electrons. The van der Waals surface area contributed by atoms with Crippen molar-refractivity contribution in [2.45, 2.75) is 57.8 Å². The Bertz CT molecular complexity index is 540. The van der Waals surface area contributed by atoms with Gasteiger partial charge in [-0.15, -0.1) is 37.0 Å². The first-order valence-corrected chi connectivity index (χ1v) is 9.64. The molecule has 0 amide bonds. The number of ether oxygens (including phenoxy) is 3. The molecule has 0 saturated heterocycles. The van der Waals surface area contributed by atoms with E-state index in [9.17, 15) is 0 Å². The van der Waals surface area contributed by atoms with Gasteiger partial charge in [0, 0.05) is 37.5 Å². The number of rotatable bonds is 15. The highest BCUT2D eigenvalue weighted by atomic mass is 16.5. The van der Waals surface area contributed by atoms with Crippen molar-refractivity contribution in [3.8, 4) is 54.3 Å². The average molecular weight is 367 g/mol. The quantitative estimate of drug-likeness (QED) is 0.314. The molecule has 0 aliphatic carbocycles. The van der Waals surface area contributed by atoms with E-state index >= 15 is 0 Å². The fourth-order valence-corrected chi connectivity index (χ4v) is 2.35. The maximum atomic E-state index is 5.84. The van der Waals surface area contributed by atoms with Crippen molar-refractivity contribution >= 4 is 0 Å². The van der Waals surface area contributed by atoms with Gasteiger partial charge < -0.3 is 14.2 Å². The number of benzene rings is 1. The highest BCUT2D eigenvalue weighted by molar-refractivity contribution is 5.42. The predicted molar refractivity (Wildman–Crippen MR) is 111 cm³/mol. The summed E-state index contributed by atoms with van der Waals surface area (Å²) in [5.41, 5.74) is 0. The van der Waals surface area contributed by atoms with Crippen LogP contribution in [0.1, 0.15) is 57.8 Å². The van der Waals surface area contributed by atoms with E-state index in [-0.39, 0.29) is 0 Å². The van der Waals surface area contributed by atoms with E-state index in [1.54, 1.807) is 0 Å². The van der Waals surface area contributed by atoms with Crippen molar-refractivity contribution in [2.75, 3.05) is 19.8 Å². The Morgan fingerprint density at radius 3 is 1.07 bits per heavy atom. The minimum Gasteiger partial charge on any atom is -0.493 e. The standard InChI is InChI=1S/C24H30O3/c1-4-7-10-13-16-25-22-19-23(26-17-14-11-8-5-2)21-24(20-22)27-18-15-12-9-6-3/h1-3,19-21H,7-18H2. The Labute approximate surface area is 164 Å². The summed E-state index contributed by atoms with van der Waals surface area (Å²) in [5, 5.41) is 0. The molecule has 0 unspecified atom stereocenters. The molecule has 0 radical (unpaired) electrons. The summed E-state index contributed by atoms with van der Waals surface area (Å²) in [6.45, 7) is 1.86. The molecule has 3 nitrogen and oxygen atoms in total. The zero-order valence-corrected chi connectivity index (χ0v) is 16.2. The molecule has 0 atom stereocenters. The number of hydrogen-bond acceptors (Lipinski definition) is 3. The molecular formula is C24H30O3. The number of terminal acetylenes is 3. The first-order chi connectivity index (χ1) is 13.3. The van der Waals surface area contributed by atoms with Gasteiger partial charge in [0.15, 0.2) is 0 Å². The van der Waals surface area contributed by atoms with E-state index in [2.05, 4.69) is 17.8 Å². The Morgan fingerprint density at radius 2 is 0.815 bits per heavy atom. The van der Waals surface area contributed by atoms with Crippen LogP contribution in [0.3, 0.4) is 0 Å². The molecule has 0 saturated carbocycles. The summed E-state index contributed by atoms with van der Waals surface area (Å²) >= 11 is 0. The third kappa shape index (κ3) is 11.5. The zero-order valence-electron chi connectivity index (χ0n) is 16.2. The van der Waals surface area contributed by atoms with E-state index in [1.807, 2.05) is 18.2 Å². The lowest BCUT2D eigenvalue weighted by atomic mass is 10.2. The van der Waals surface area contributed by atoms with Crippen molar-refractivity contribution in [2.24, 2.45) is 0 Å². The van der Waals surface area contributed by atoms with Gasteiger partial charge in [0.1, 0.15) is 17.2 Å². The Balaban J connectivity index is 2.56. The van der Waals surface area contributed by atoms with Crippen molar-refractivity contribution in [3.05, 3.63) is 18.2 Å². The van der Waals surface area contributed by atoms with E-state index in [0.717, 1.165) is 75.0 Å². The molecule has 0 spiro atoms. The maximum absolute atomic E-state index is 5.84. The summed E-state index contributed by atoms with van der Waals surface area (Å²) in [7, 11) is 0. The van der Waals surface area contributed by atoms with E-state index < -0.39 is 0 Å². The predicted octanol–water partition coefficient (Wildman–Crippen LogP) is 5.23. The molecule has 1 aromatic rings. The molecule has 0 bridgehead atoms. The Hall–Kier alpha value is -2.70. The van der Waals surface area contributed by atoms with Crippen LogP contribution in [0.25, 0.3) is 0 Å². The van der Waals surface area contributed by atoms with Gasteiger partial charge in [0.25, 0.3) is 0 Å². The second-order valence-electron chi connectivity index (χ2n) is 6.17. The summed E-state index contributed by atoms with van der Waals surface area (Å²) in [6.07, 6.45) is 23.8. The number of unbranched alkanes of at least 4 members (excludes halogenated alkanes) is 6. The van der Waals surface area contributed by atoms with Gasteiger partial charge in [0.05, 0.1) is 19.8 Å². The highest BCUT2D eigenvalue weighted by Gasteiger charge is 2.05. The van der Waals surface area contributed by atoms with Crippen LogP contribution >= 0.6 is 0 Å². The normalized spacial score (nSPS) is 9.67. The molecule has 0 aromatic heterocycles. The first kappa shape index (κ1) is 22.3. The minimum absolute atomic E-state index is 0.620. The van der Waals surface area contributed by atoms with Gasteiger partial charge in [-0.25, -0.2) is 0 Å². The molecule has 0 heterocycles. The van der Waals surface area contributed by atoms with Crippen LogP contribution < -0.4 is 14.2 Å². The van der Waals surface area contributed by atoms with Crippen LogP contribution in [-0.2, 0) is 0 Å². The molecule has 1 rings (SSSR count). The van der Waals surface area contributed by atoms with Crippen molar-refractivity contribution in [1.82, 2.24) is 0 Å². The van der Waals surface area contributed by atoms with Crippen LogP contribution in [0, 0.1) is 37.0 Å². The molecule has 0 aliphatic heterocycles. The van der Waals surface area contributed by atoms with Crippen LogP contribution in [0.15, 0.2) is 18.2 Å². The first-order valence-electron chi connectivity index (χ1n) is 9.64. The summed E-state index contributed by atoms with van der Waals surface area (Å²) in [5.74, 6) is 10.2. The zero-order chi connectivity index (χ0) is 19.6. The lowest BCUT2D eigenvalue weighted by Crippen LogP contribution is -2.02. The summed E-state index contributed by atoms with van der Waals surface area (Å²) in [4.78, 5) is 0. The SMILES string of the molecule is C#CCCCCOc1cc(OCCCCC#C)cc(OCCCCC#C)c1.